The lowest BCUT2D eigenvalue weighted by atomic mass is 10.1. The van der Waals surface area contributed by atoms with Gasteiger partial charge in [0.15, 0.2) is 5.78 Å². The molecule has 0 aromatic carbocycles. The van der Waals surface area contributed by atoms with E-state index < -0.39 is 0 Å². The van der Waals surface area contributed by atoms with Crippen molar-refractivity contribution >= 4 is 5.78 Å². The highest BCUT2D eigenvalue weighted by atomic mass is 16.5. The predicted octanol–water partition coefficient (Wildman–Crippen LogP) is 2.79. The predicted molar refractivity (Wildman–Crippen MR) is 72.3 cm³/mol. The fourth-order valence-electron chi connectivity index (χ4n) is 1.31. The third-order valence-corrected chi connectivity index (χ3v) is 2.51. The third kappa shape index (κ3) is 11.8. The van der Waals surface area contributed by atoms with Gasteiger partial charge in [0.1, 0.15) is 6.61 Å². The Balaban J connectivity index is 3.22. The number of Topliss-reactive ketones (excluding diaryl/α,β-unsaturated/α-hetero) is 1. The molecule has 0 amide bonds. The van der Waals surface area contributed by atoms with Crippen molar-refractivity contribution in [2.24, 2.45) is 5.92 Å². The summed E-state index contributed by atoms with van der Waals surface area (Å²) in [5.74, 6) is 0.283. The Labute approximate surface area is 106 Å². The first-order chi connectivity index (χ1) is 7.83. The molecule has 1 N–H and O–H groups in total. The van der Waals surface area contributed by atoms with Crippen LogP contribution in [0.2, 0.25) is 0 Å². The molecular weight excluding hydrogens is 214 g/mol. The molecule has 102 valence electrons. The summed E-state index contributed by atoms with van der Waals surface area (Å²) in [7, 11) is 0. The standard InChI is InChI=1S/C14H29NO2/c1-12(2)13(16)11-17-10-8-6-7-9-15-14(3,4)5/h12,15H,6-11H2,1-5H3. The van der Waals surface area contributed by atoms with Gasteiger partial charge in [0.25, 0.3) is 0 Å². The lowest BCUT2D eigenvalue weighted by molar-refractivity contribution is -0.126. The van der Waals surface area contributed by atoms with Gasteiger partial charge in [-0.3, -0.25) is 4.79 Å². The number of ketones is 1. The molecule has 0 heterocycles. The molecule has 0 saturated heterocycles. The average molecular weight is 243 g/mol. The van der Waals surface area contributed by atoms with E-state index in [2.05, 4.69) is 26.1 Å². The van der Waals surface area contributed by atoms with E-state index in [0.717, 1.165) is 19.4 Å². The van der Waals surface area contributed by atoms with Crippen molar-refractivity contribution in [2.75, 3.05) is 19.8 Å². The van der Waals surface area contributed by atoms with Crippen molar-refractivity contribution in [2.45, 2.75) is 59.4 Å². The van der Waals surface area contributed by atoms with Gasteiger partial charge in [-0.05, 0) is 46.6 Å². The largest absolute Gasteiger partial charge is 0.374 e. The van der Waals surface area contributed by atoms with E-state index in [-0.39, 0.29) is 23.8 Å². The zero-order chi connectivity index (χ0) is 13.3. The van der Waals surface area contributed by atoms with Crippen LogP contribution >= 0.6 is 0 Å². The van der Waals surface area contributed by atoms with Crippen LogP contribution in [0.3, 0.4) is 0 Å². The molecule has 3 heteroatoms. The summed E-state index contributed by atoms with van der Waals surface area (Å²) >= 11 is 0. The molecule has 0 spiro atoms. The Hall–Kier alpha value is -0.410. The quantitative estimate of drug-likeness (QED) is 0.633. The molecular formula is C14H29NO2. The SMILES string of the molecule is CC(C)C(=O)COCCCCCNC(C)(C)C. The molecule has 0 atom stereocenters. The van der Waals surface area contributed by atoms with E-state index in [4.69, 9.17) is 4.74 Å². The molecule has 0 aliphatic heterocycles. The Morgan fingerprint density at radius 2 is 1.82 bits per heavy atom. The molecule has 0 aromatic rings. The van der Waals surface area contributed by atoms with Crippen molar-refractivity contribution in [3.63, 3.8) is 0 Å². The van der Waals surface area contributed by atoms with Crippen molar-refractivity contribution in [3.8, 4) is 0 Å². The van der Waals surface area contributed by atoms with Crippen LogP contribution in [-0.2, 0) is 9.53 Å². The van der Waals surface area contributed by atoms with E-state index in [1.54, 1.807) is 0 Å². The molecule has 0 radical (unpaired) electrons. The third-order valence-electron chi connectivity index (χ3n) is 2.51. The number of nitrogens with one attached hydrogen (secondary N) is 1. The lowest BCUT2D eigenvalue weighted by Crippen LogP contribution is -2.36. The van der Waals surface area contributed by atoms with Gasteiger partial charge >= 0.3 is 0 Å². The van der Waals surface area contributed by atoms with Crippen LogP contribution in [0.4, 0.5) is 0 Å². The number of rotatable bonds is 9. The second-order valence-electron chi connectivity index (χ2n) is 5.91. The van der Waals surface area contributed by atoms with E-state index in [9.17, 15) is 4.79 Å². The molecule has 0 rings (SSSR count). The topological polar surface area (TPSA) is 38.3 Å². The van der Waals surface area contributed by atoms with Crippen LogP contribution in [0.25, 0.3) is 0 Å². The molecule has 0 unspecified atom stereocenters. The van der Waals surface area contributed by atoms with Crippen LogP contribution in [0.1, 0.15) is 53.9 Å². The summed E-state index contributed by atoms with van der Waals surface area (Å²) in [6, 6.07) is 0. The minimum Gasteiger partial charge on any atom is -0.374 e. The smallest absolute Gasteiger partial charge is 0.160 e. The molecule has 0 aliphatic rings. The molecule has 0 fully saturated rings. The molecule has 0 bridgehead atoms. The number of unbranched alkanes of at least 4 members (excludes halogenated alkanes) is 2. The van der Waals surface area contributed by atoms with Gasteiger partial charge in [-0.2, -0.15) is 0 Å². The summed E-state index contributed by atoms with van der Waals surface area (Å²) in [6.45, 7) is 12.4. The van der Waals surface area contributed by atoms with Gasteiger partial charge in [-0.15, -0.1) is 0 Å². The number of carbonyl (C=O) groups is 1. The van der Waals surface area contributed by atoms with E-state index in [1.807, 2.05) is 13.8 Å². The maximum Gasteiger partial charge on any atom is 0.160 e. The fourth-order valence-corrected chi connectivity index (χ4v) is 1.31. The van der Waals surface area contributed by atoms with Crippen molar-refractivity contribution in [1.82, 2.24) is 5.32 Å². The molecule has 3 nitrogen and oxygen atoms in total. The second kappa shape index (κ2) is 8.65. The highest BCUT2D eigenvalue weighted by Crippen LogP contribution is 2.01. The van der Waals surface area contributed by atoms with E-state index in [0.29, 0.717) is 6.61 Å². The fraction of sp³-hybridized carbons (Fsp3) is 0.929. The van der Waals surface area contributed by atoms with Crippen molar-refractivity contribution in [3.05, 3.63) is 0 Å². The summed E-state index contributed by atoms with van der Waals surface area (Å²) in [5, 5.41) is 3.45. The van der Waals surface area contributed by atoms with Crippen LogP contribution < -0.4 is 5.32 Å². The van der Waals surface area contributed by atoms with Crippen LogP contribution in [0.15, 0.2) is 0 Å². The van der Waals surface area contributed by atoms with Crippen molar-refractivity contribution < 1.29 is 9.53 Å². The number of carbonyl (C=O) groups excluding carboxylic acids is 1. The zero-order valence-electron chi connectivity index (χ0n) is 12.1. The molecule has 0 aromatic heterocycles. The summed E-state index contributed by atoms with van der Waals surface area (Å²) in [4.78, 5) is 11.3. The first kappa shape index (κ1) is 16.6. The Morgan fingerprint density at radius 3 is 2.35 bits per heavy atom. The first-order valence-corrected chi connectivity index (χ1v) is 6.68. The monoisotopic (exact) mass is 243 g/mol. The summed E-state index contributed by atoms with van der Waals surface area (Å²) in [6.07, 6.45) is 3.36. The van der Waals surface area contributed by atoms with Gasteiger partial charge in [-0.25, -0.2) is 0 Å². The van der Waals surface area contributed by atoms with Gasteiger partial charge in [0, 0.05) is 18.1 Å². The van der Waals surface area contributed by atoms with Gasteiger partial charge < -0.3 is 10.1 Å². The van der Waals surface area contributed by atoms with E-state index >= 15 is 0 Å². The summed E-state index contributed by atoms with van der Waals surface area (Å²) < 4.78 is 5.33. The minimum atomic E-state index is 0.0889. The van der Waals surface area contributed by atoms with E-state index in [1.165, 1.54) is 6.42 Å². The summed E-state index contributed by atoms with van der Waals surface area (Å²) in [5.41, 5.74) is 0.209. The normalized spacial score (nSPS) is 12.1. The average Bonchev–Trinajstić information content (AvgIpc) is 2.19. The lowest BCUT2D eigenvalue weighted by Gasteiger charge is -2.20. The highest BCUT2D eigenvalue weighted by Gasteiger charge is 2.07. The van der Waals surface area contributed by atoms with Crippen molar-refractivity contribution in [1.29, 1.82) is 0 Å². The van der Waals surface area contributed by atoms with Crippen LogP contribution in [-0.4, -0.2) is 31.1 Å². The van der Waals surface area contributed by atoms with Gasteiger partial charge in [0.2, 0.25) is 0 Å². The first-order valence-electron chi connectivity index (χ1n) is 6.68. The Bertz CT molecular complexity index is 207. The maximum absolute atomic E-state index is 11.3. The highest BCUT2D eigenvalue weighted by molar-refractivity contribution is 5.81. The van der Waals surface area contributed by atoms with Crippen LogP contribution in [0.5, 0.6) is 0 Å². The Kier molecular flexibility index (Phi) is 8.44. The molecule has 0 aliphatic carbocycles. The molecule has 0 saturated carbocycles. The number of hydrogen-bond acceptors (Lipinski definition) is 3. The van der Waals surface area contributed by atoms with Crippen LogP contribution in [0, 0.1) is 5.92 Å². The molecule has 17 heavy (non-hydrogen) atoms. The van der Waals surface area contributed by atoms with Gasteiger partial charge in [0.05, 0.1) is 0 Å². The number of hydrogen-bond donors (Lipinski definition) is 1. The Morgan fingerprint density at radius 1 is 1.18 bits per heavy atom. The zero-order valence-corrected chi connectivity index (χ0v) is 12.1. The number of ether oxygens (including phenoxy) is 1. The second-order valence-corrected chi connectivity index (χ2v) is 5.91. The van der Waals surface area contributed by atoms with Gasteiger partial charge in [-0.1, -0.05) is 13.8 Å². The minimum absolute atomic E-state index is 0.0889. The maximum atomic E-state index is 11.3.